The minimum Gasteiger partial charge on any atom is -0.353 e. The normalized spacial score (nSPS) is 15.1. The smallest absolute Gasteiger partial charge is 0.230 e. The first-order chi connectivity index (χ1) is 13.3. The van der Waals surface area contributed by atoms with Crippen molar-refractivity contribution >= 4 is 27.7 Å². The molecule has 152 valence electrons. The fourth-order valence-electron chi connectivity index (χ4n) is 3.13. The topological polar surface area (TPSA) is 106 Å². The molecule has 1 aromatic heterocycles. The molecule has 2 N–H and O–H groups in total. The summed E-state index contributed by atoms with van der Waals surface area (Å²) in [6.07, 6.45) is 5.50. The van der Waals surface area contributed by atoms with Gasteiger partial charge in [0.2, 0.25) is 15.9 Å². The third-order valence-corrected chi connectivity index (χ3v) is 6.14. The van der Waals surface area contributed by atoms with Gasteiger partial charge in [-0.25, -0.2) is 13.1 Å². The summed E-state index contributed by atoms with van der Waals surface area (Å²) in [7, 11) is -3.36. The van der Waals surface area contributed by atoms with Crippen LogP contribution in [-0.2, 0) is 21.4 Å². The maximum Gasteiger partial charge on any atom is 0.230 e. The first-order valence-corrected chi connectivity index (χ1v) is 12.1. The van der Waals surface area contributed by atoms with Gasteiger partial charge in [-0.05, 0) is 31.9 Å². The van der Waals surface area contributed by atoms with Gasteiger partial charge >= 0.3 is 0 Å². The van der Waals surface area contributed by atoms with E-state index in [0.717, 1.165) is 43.2 Å². The average Bonchev–Trinajstić information content (AvgIpc) is 3.28. The Balaban J connectivity index is 1.76. The van der Waals surface area contributed by atoms with Crippen LogP contribution >= 0.6 is 11.8 Å². The summed E-state index contributed by atoms with van der Waals surface area (Å²) in [5, 5.41) is 11.9. The van der Waals surface area contributed by atoms with Crippen LogP contribution in [0.2, 0.25) is 0 Å². The van der Waals surface area contributed by atoms with Crippen molar-refractivity contribution in [2.75, 3.05) is 12.0 Å². The monoisotopic (exact) mass is 423 g/mol. The quantitative estimate of drug-likeness (QED) is 0.627. The molecule has 0 bridgehead atoms. The summed E-state index contributed by atoms with van der Waals surface area (Å²) in [5.74, 6) is 0.680. The van der Waals surface area contributed by atoms with E-state index in [-0.39, 0.29) is 24.2 Å². The van der Waals surface area contributed by atoms with E-state index in [4.69, 9.17) is 0 Å². The third kappa shape index (κ3) is 5.79. The molecule has 0 unspecified atom stereocenters. The fourth-order valence-corrected chi connectivity index (χ4v) is 4.30. The van der Waals surface area contributed by atoms with Gasteiger partial charge in [-0.1, -0.05) is 42.3 Å². The summed E-state index contributed by atoms with van der Waals surface area (Å²) >= 11 is 1.29. The van der Waals surface area contributed by atoms with Crippen LogP contribution in [0.4, 0.5) is 0 Å². The molecular weight excluding hydrogens is 398 g/mol. The molecule has 10 heteroatoms. The summed E-state index contributed by atoms with van der Waals surface area (Å²) in [5.41, 5.74) is 1.93. The number of carbonyl (C=O) groups excluding carboxylic acids is 1. The Hall–Kier alpha value is -1.91. The fraction of sp³-hybridized carbons (Fsp3) is 0.500. The molecule has 0 atom stereocenters. The van der Waals surface area contributed by atoms with E-state index in [1.165, 1.54) is 11.8 Å². The molecule has 1 amide bonds. The van der Waals surface area contributed by atoms with E-state index in [1.54, 1.807) is 4.57 Å². The lowest BCUT2D eigenvalue weighted by molar-refractivity contribution is -0.119. The molecule has 0 spiro atoms. The molecule has 0 saturated heterocycles. The number of thioether (sulfide) groups is 1. The predicted molar refractivity (Wildman–Crippen MR) is 109 cm³/mol. The lowest BCUT2D eigenvalue weighted by atomic mass is 10.2. The number of aryl methyl sites for hydroxylation is 1. The lowest BCUT2D eigenvalue weighted by Gasteiger charge is -2.13. The highest BCUT2D eigenvalue weighted by Gasteiger charge is 2.20. The minimum atomic E-state index is -3.36. The molecule has 1 aliphatic rings. The van der Waals surface area contributed by atoms with Gasteiger partial charge in [-0.15, -0.1) is 10.2 Å². The number of sulfonamides is 1. The van der Waals surface area contributed by atoms with Crippen LogP contribution in [0.3, 0.4) is 0 Å². The Bertz CT molecular complexity index is 919. The molecular formula is C18H25N5O3S2. The summed E-state index contributed by atoms with van der Waals surface area (Å²) < 4.78 is 27.1. The van der Waals surface area contributed by atoms with Crippen LogP contribution in [0.25, 0.3) is 5.69 Å². The Kier molecular flexibility index (Phi) is 6.73. The Morgan fingerprint density at radius 1 is 1.21 bits per heavy atom. The van der Waals surface area contributed by atoms with Crippen LogP contribution in [0.1, 0.15) is 37.1 Å². The van der Waals surface area contributed by atoms with Crippen molar-refractivity contribution in [3.63, 3.8) is 0 Å². The van der Waals surface area contributed by atoms with Crippen molar-refractivity contribution < 1.29 is 13.2 Å². The van der Waals surface area contributed by atoms with E-state index >= 15 is 0 Å². The van der Waals surface area contributed by atoms with E-state index in [1.807, 2.05) is 31.2 Å². The number of carbonyl (C=O) groups is 1. The minimum absolute atomic E-state index is 0.0221. The van der Waals surface area contributed by atoms with Crippen molar-refractivity contribution in [2.24, 2.45) is 0 Å². The van der Waals surface area contributed by atoms with Gasteiger partial charge in [0.05, 0.1) is 18.6 Å². The van der Waals surface area contributed by atoms with Crippen LogP contribution in [0.15, 0.2) is 29.4 Å². The van der Waals surface area contributed by atoms with E-state index in [9.17, 15) is 13.2 Å². The number of nitrogens with one attached hydrogen (secondary N) is 2. The van der Waals surface area contributed by atoms with Crippen molar-refractivity contribution in [2.45, 2.75) is 50.4 Å². The van der Waals surface area contributed by atoms with Crippen LogP contribution in [-0.4, -0.2) is 47.1 Å². The molecule has 0 radical (unpaired) electrons. The second-order valence-electron chi connectivity index (χ2n) is 7.00. The standard InChI is InChI=1S/C18H25N5O3S2/c1-13-7-9-15(10-8-13)23-16(11-19-28(2,25)26)21-22-18(23)27-12-17(24)20-14-5-3-4-6-14/h7-10,14,19H,3-6,11-12H2,1-2H3,(H,20,24). The van der Waals surface area contributed by atoms with Crippen molar-refractivity contribution in [3.8, 4) is 5.69 Å². The zero-order valence-corrected chi connectivity index (χ0v) is 17.6. The SMILES string of the molecule is Cc1ccc(-n2c(CNS(C)(=O)=O)nnc2SCC(=O)NC2CCCC2)cc1. The van der Waals surface area contributed by atoms with Crippen LogP contribution in [0, 0.1) is 6.92 Å². The lowest BCUT2D eigenvalue weighted by Crippen LogP contribution is -2.33. The molecule has 1 saturated carbocycles. The van der Waals surface area contributed by atoms with Gasteiger partial charge in [0.25, 0.3) is 0 Å². The highest BCUT2D eigenvalue weighted by Crippen LogP contribution is 2.23. The molecule has 28 heavy (non-hydrogen) atoms. The number of hydrogen-bond acceptors (Lipinski definition) is 6. The van der Waals surface area contributed by atoms with Gasteiger partial charge < -0.3 is 5.32 Å². The molecule has 1 fully saturated rings. The molecule has 1 heterocycles. The van der Waals surface area contributed by atoms with Crippen molar-refractivity contribution in [3.05, 3.63) is 35.7 Å². The van der Waals surface area contributed by atoms with Crippen molar-refractivity contribution in [1.29, 1.82) is 0 Å². The molecule has 1 aliphatic carbocycles. The van der Waals surface area contributed by atoms with E-state index in [2.05, 4.69) is 20.2 Å². The van der Waals surface area contributed by atoms with Gasteiger partial charge in [0.1, 0.15) is 0 Å². The number of aromatic nitrogens is 3. The van der Waals surface area contributed by atoms with Crippen LogP contribution < -0.4 is 10.0 Å². The highest BCUT2D eigenvalue weighted by atomic mass is 32.2. The largest absolute Gasteiger partial charge is 0.353 e. The summed E-state index contributed by atoms with van der Waals surface area (Å²) in [4.78, 5) is 12.2. The van der Waals surface area contributed by atoms with Crippen molar-refractivity contribution in [1.82, 2.24) is 24.8 Å². The first-order valence-electron chi connectivity index (χ1n) is 9.20. The number of rotatable bonds is 8. The van der Waals surface area contributed by atoms with Crippen LogP contribution in [0.5, 0.6) is 0 Å². The number of amides is 1. The average molecular weight is 424 g/mol. The van der Waals surface area contributed by atoms with Gasteiger partial charge in [0.15, 0.2) is 11.0 Å². The number of hydrogen-bond donors (Lipinski definition) is 2. The summed E-state index contributed by atoms with van der Waals surface area (Å²) in [6.45, 7) is 2.01. The zero-order chi connectivity index (χ0) is 20.1. The summed E-state index contributed by atoms with van der Waals surface area (Å²) in [6, 6.07) is 8.04. The second kappa shape index (κ2) is 9.06. The Labute approximate surface area is 169 Å². The van der Waals surface area contributed by atoms with E-state index < -0.39 is 10.0 Å². The van der Waals surface area contributed by atoms with Gasteiger partial charge in [-0.3, -0.25) is 9.36 Å². The highest BCUT2D eigenvalue weighted by molar-refractivity contribution is 7.99. The third-order valence-electron chi connectivity index (χ3n) is 4.54. The predicted octanol–water partition coefficient (Wildman–Crippen LogP) is 1.78. The van der Waals surface area contributed by atoms with Gasteiger partial charge in [0, 0.05) is 11.7 Å². The number of nitrogens with zero attached hydrogens (tertiary/aromatic N) is 3. The molecule has 0 aliphatic heterocycles. The molecule has 1 aromatic carbocycles. The molecule has 3 rings (SSSR count). The Morgan fingerprint density at radius 2 is 1.89 bits per heavy atom. The maximum atomic E-state index is 12.2. The zero-order valence-electron chi connectivity index (χ0n) is 16.0. The van der Waals surface area contributed by atoms with Gasteiger partial charge in [-0.2, -0.15) is 0 Å². The molecule has 8 nitrogen and oxygen atoms in total. The first kappa shape index (κ1) is 20.8. The second-order valence-corrected chi connectivity index (χ2v) is 9.78. The Morgan fingerprint density at radius 3 is 2.54 bits per heavy atom. The van der Waals surface area contributed by atoms with E-state index in [0.29, 0.717) is 11.0 Å². The molecule has 2 aromatic rings. The maximum absolute atomic E-state index is 12.2. The number of benzene rings is 1.